The summed E-state index contributed by atoms with van der Waals surface area (Å²) in [5.41, 5.74) is 2.22. The van der Waals surface area contributed by atoms with Gasteiger partial charge in [-0.05, 0) is 38.4 Å². The van der Waals surface area contributed by atoms with Crippen LogP contribution in [0.25, 0.3) is 10.9 Å². The molecule has 3 heteroatoms. The van der Waals surface area contributed by atoms with E-state index in [0.717, 1.165) is 37.0 Å². The predicted octanol–water partition coefficient (Wildman–Crippen LogP) is 3.57. The van der Waals surface area contributed by atoms with Crippen molar-refractivity contribution in [2.75, 3.05) is 13.7 Å². The summed E-state index contributed by atoms with van der Waals surface area (Å²) in [6.07, 6.45) is 3.35. The first-order valence-electron chi connectivity index (χ1n) is 7.83. The Morgan fingerprint density at radius 2 is 2.00 bits per heavy atom. The van der Waals surface area contributed by atoms with Gasteiger partial charge in [0.15, 0.2) is 0 Å². The van der Waals surface area contributed by atoms with E-state index in [1.807, 2.05) is 6.07 Å². The van der Waals surface area contributed by atoms with Gasteiger partial charge in [-0.2, -0.15) is 0 Å². The second-order valence-corrected chi connectivity index (χ2v) is 5.63. The van der Waals surface area contributed by atoms with Crippen molar-refractivity contribution in [2.24, 2.45) is 0 Å². The number of para-hydroxylation sites is 1. The number of pyridine rings is 1. The molecule has 0 fully saturated rings. The quantitative estimate of drug-likeness (QED) is 0.805. The Hall–Kier alpha value is -1.45. The molecule has 0 radical (unpaired) electrons. The van der Waals surface area contributed by atoms with Crippen molar-refractivity contribution in [1.82, 2.24) is 10.3 Å². The van der Waals surface area contributed by atoms with E-state index in [2.05, 4.69) is 49.5 Å². The Bertz CT molecular complexity index is 556. The minimum Gasteiger partial charge on any atom is -0.382 e. The van der Waals surface area contributed by atoms with Crippen LogP contribution in [0, 0.1) is 0 Å². The highest BCUT2D eigenvalue weighted by Gasteiger charge is 2.14. The molecule has 1 aromatic heterocycles. The van der Waals surface area contributed by atoms with Crippen LogP contribution in [0.3, 0.4) is 0 Å². The molecule has 2 aromatic rings. The summed E-state index contributed by atoms with van der Waals surface area (Å²) >= 11 is 0. The zero-order valence-electron chi connectivity index (χ0n) is 13.3. The maximum Gasteiger partial charge on any atom is 0.0705 e. The lowest BCUT2D eigenvalue weighted by Gasteiger charge is -2.21. The van der Waals surface area contributed by atoms with E-state index in [-0.39, 0.29) is 6.10 Å². The van der Waals surface area contributed by atoms with Gasteiger partial charge >= 0.3 is 0 Å². The summed E-state index contributed by atoms with van der Waals surface area (Å²) in [5, 5.41) is 4.81. The van der Waals surface area contributed by atoms with Crippen LogP contribution in [0.4, 0.5) is 0 Å². The number of hydrogen-bond acceptors (Lipinski definition) is 3. The fourth-order valence-electron chi connectivity index (χ4n) is 2.56. The lowest BCUT2D eigenvalue weighted by atomic mass is 10.0. The van der Waals surface area contributed by atoms with E-state index in [1.54, 1.807) is 7.11 Å². The smallest absolute Gasteiger partial charge is 0.0705 e. The zero-order chi connectivity index (χ0) is 15.1. The number of fused-ring (bicyclic) bond motifs is 1. The van der Waals surface area contributed by atoms with Crippen LogP contribution in [0.5, 0.6) is 0 Å². The van der Waals surface area contributed by atoms with E-state index >= 15 is 0 Å². The summed E-state index contributed by atoms with van der Waals surface area (Å²) < 4.78 is 5.41. The Morgan fingerprint density at radius 3 is 2.76 bits per heavy atom. The highest BCUT2D eigenvalue weighted by Crippen LogP contribution is 2.14. The second-order valence-electron chi connectivity index (χ2n) is 5.63. The van der Waals surface area contributed by atoms with Crippen molar-refractivity contribution in [3.8, 4) is 0 Å². The normalized spacial score (nSPS) is 14.2. The van der Waals surface area contributed by atoms with Gasteiger partial charge in [-0.3, -0.25) is 4.98 Å². The molecule has 1 aromatic carbocycles. The van der Waals surface area contributed by atoms with Crippen molar-refractivity contribution in [3.05, 3.63) is 42.1 Å². The van der Waals surface area contributed by atoms with Crippen molar-refractivity contribution in [2.45, 2.75) is 45.3 Å². The van der Waals surface area contributed by atoms with Gasteiger partial charge < -0.3 is 10.1 Å². The van der Waals surface area contributed by atoms with E-state index in [0.29, 0.717) is 6.04 Å². The zero-order valence-corrected chi connectivity index (χ0v) is 13.3. The van der Waals surface area contributed by atoms with Gasteiger partial charge in [-0.25, -0.2) is 0 Å². The lowest BCUT2D eigenvalue weighted by Crippen LogP contribution is -2.35. The predicted molar refractivity (Wildman–Crippen MR) is 88.6 cm³/mol. The van der Waals surface area contributed by atoms with E-state index in [1.165, 1.54) is 5.39 Å². The highest BCUT2D eigenvalue weighted by molar-refractivity contribution is 5.78. The van der Waals surface area contributed by atoms with Crippen LogP contribution in [0.15, 0.2) is 36.4 Å². The standard InChI is InChI=1S/C18H26N2O/c1-4-11-19-17(12-14(2)21-3)13-16-10-9-15-7-5-6-8-18(15)20-16/h5-10,14,17,19H,4,11-13H2,1-3H3. The molecular formula is C18H26N2O. The van der Waals surface area contributed by atoms with Gasteiger partial charge in [-0.1, -0.05) is 31.2 Å². The Morgan fingerprint density at radius 1 is 1.19 bits per heavy atom. The van der Waals surface area contributed by atoms with Crippen molar-refractivity contribution in [3.63, 3.8) is 0 Å². The lowest BCUT2D eigenvalue weighted by molar-refractivity contribution is 0.100. The fourth-order valence-corrected chi connectivity index (χ4v) is 2.56. The molecule has 0 amide bonds. The van der Waals surface area contributed by atoms with Crippen LogP contribution in [-0.4, -0.2) is 30.8 Å². The number of methoxy groups -OCH3 is 1. The Labute approximate surface area is 127 Å². The topological polar surface area (TPSA) is 34.2 Å². The molecule has 0 aliphatic carbocycles. The maximum atomic E-state index is 5.41. The number of aromatic nitrogens is 1. The minimum atomic E-state index is 0.264. The van der Waals surface area contributed by atoms with Gasteiger partial charge in [0, 0.05) is 30.7 Å². The molecule has 0 spiro atoms. The van der Waals surface area contributed by atoms with Crippen LogP contribution < -0.4 is 5.32 Å². The number of nitrogens with zero attached hydrogens (tertiary/aromatic N) is 1. The molecule has 1 N–H and O–H groups in total. The molecule has 3 nitrogen and oxygen atoms in total. The molecule has 0 aliphatic rings. The molecule has 0 aliphatic heterocycles. The molecule has 114 valence electrons. The molecule has 21 heavy (non-hydrogen) atoms. The summed E-state index contributed by atoms with van der Waals surface area (Å²) in [5.74, 6) is 0. The van der Waals surface area contributed by atoms with Gasteiger partial charge in [0.05, 0.1) is 11.6 Å². The van der Waals surface area contributed by atoms with Crippen LogP contribution in [0.2, 0.25) is 0 Å². The number of nitrogens with one attached hydrogen (secondary N) is 1. The van der Waals surface area contributed by atoms with Gasteiger partial charge in [0.1, 0.15) is 0 Å². The van der Waals surface area contributed by atoms with Crippen molar-refractivity contribution >= 4 is 10.9 Å². The molecule has 2 atom stereocenters. The minimum absolute atomic E-state index is 0.264. The molecular weight excluding hydrogens is 260 g/mol. The second kappa shape index (κ2) is 8.11. The molecule has 1 heterocycles. The van der Waals surface area contributed by atoms with Gasteiger partial charge in [0.2, 0.25) is 0 Å². The molecule has 0 saturated carbocycles. The van der Waals surface area contributed by atoms with E-state index in [4.69, 9.17) is 9.72 Å². The van der Waals surface area contributed by atoms with Crippen LogP contribution in [0.1, 0.15) is 32.4 Å². The molecule has 2 unspecified atom stereocenters. The molecule has 0 bridgehead atoms. The first-order chi connectivity index (χ1) is 10.2. The third-order valence-electron chi connectivity index (χ3n) is 3.81. The summed E-state index contributed by atoms with van der Waals surface area (Å²) in [7, 11) is 1.77. The van der Waals surface area contributed by atoms with E-state index < -0.39 is 0 Å². The van der Waals surface area contributed by atoms with Gasteiger partial charge in [-0.15, -0.1) is 0 Å². The number of benzene rings is 1. The monoisotopic (exact) mass is 286 g/mol. The average molecular weight is 286 g/mol. The highest BCUT2D eigenvalue weighted by atomic mass is 16.5. The molecule has 2 rings (SSSR count). The largest absolute Gasteiger partial charge is 0.382 e. The van der Waals surface area contributed by atoms with Crippen LogP contribution >= 0.6 is 0 Å². The number of rotatable bonds is 8. The third kappa shape index (κ3) is 4.80. The average Bonchev–Trinajstić information content (AvgIpc) is 2.52. The number of ether oxygens (including phenoxy) is 1. The third-order valence-corrected chi connectivity index (χ3v) is 3.81. The number of hydrogen-bond donors (Lipinski definition) is 1. The van der Waals surface area contributed by atoms with Crippen molar-refractivity contribution < 1.29 is 4.74 Å². The molecule has 0 saturated heterocycles. The van der Waals surface area contributed by atoms with E-state index in [9.17, 15) is 0 Å². The SMILES string of the molecule is CCCNC(Cc1ccc2ccccc2n1)CC(C)OC. The summed E-state index contributed by atoms with van der Waals surface area (Å²) in [4.78, 5) is 4.78. The first kappa shape index (κ1) is 15.9. The Kier molecular flexibility index (Phi) is 6.15. The Balaban J connectivity index is 2.09. The van der Waals surface area contributed by atoms with Crippen LogP contribution in [-0.2, 0) is 11.2 Å². The van der Waals surface area contributed by atoms with Gasteiger partial charge in [0.25, 0.3) is 0 Å². The summed E-state index contributed by atoms with van der Waals surface area (Å²) in [6.45, 7) is 5.35. The van der Waals surface area contributed by atoms with Crippen molar-refractivity contribution in [1.29, 1.82) is 0 Å². The maximum absolute atomic E-state index is 5.41. The summed E-state index contributed by atoms with van der Waals surface area (Å²) in [6, 6.07) is 13.0. The fraction of sp³-hybridized carbons (Fsp3) is 0.500. The first-order valence-corrected chi connectivity index (χ1v) is 7.83.